The Morgan fingerprint density at radius 3 is 2.67 bits per heavy atom. The van der Waals surface area contributed by atoms with E-state index in [1.54, 1.807) is 6.26 Å². The van der Waals surface area contributed by atoms with Gasteiger partial charge in [-0.25, -0.2) is 0 Å². The van der Waals surface area contributed by atoms with Gasteiger partial charge in [-0.3, -0.25) is 4.90 Å². The highest BCUT2D eigenvalue weighted by Crippen LogP contribution is 2.32. The lowest BCUT2D eigenvalue weighted by atomic mass is 10.00. The van der Waals surface area contributed by atoms with E-state index in [4.69, 9.17) is 4.42 Å². The van der Waals surface area contributed by atoms with Crippen molar-refractivity contribution in [1.29, 1.82) is 0 Å². The number of rotatable bonds is 3. The fraction of sp³-hybridized carbons (Fsp3) is 0.444. The molecule has 2 aromatic rings. The highest BCUT2D eigenvalue weighted by molar-refractivity contribution is 5.27. The van der Waals surface area contributed by atoms with Crippen LogP contribution in [-0.4, -0.2) is 30.1 Å². The summed E-state index contributed by atoms with van der Waals surface area (Å²) in [5.41, 5.74) is 1.32. The van der Waals surface area contributed by atoms with E-state index in [0.717, 1.165) is 18.8 Å². The Bertz CT molecular complexity index is 566. The first-order valence-electron chi connectivity index (χ1n) is 7.98. The van der Waals surface area contributed by atoms with Crippen LogP contribution in [-0.2, 0) is 0 Å². The highest BCUT2D eigenvalue weighted by Gasteiger charge is 2.34. The Morgan fingerprint density at radius 1 is 1.00 bits per heavy atom. The van der Waals surface area contributed by atoms with Gasteiger partial charge in [0, 0.05) is 25.2 Å². The molecular formula is C18H22N2O. The van der Waals surface area contributed by atoms with Gasteiger partial charge in [0.1, 0.15) is 5.76 Å². The van der Waals surface area contributed by atoms with Crippen LogP contribution in [0, 0.1) is 0 Å². The van der Waals surface area contributed by atoms with Crippen molar-refractivity contribution in [2.45, 2.75) is 37.4 Å². The Balaban J connectivity index is 1.66. The third-order valence-electron chi connectivity index (χ3n) is 4.85. The maximum Gasteiger partial charge on any atom is 0.125 e. The SMILES string of the molecule is c1ccc(C(c2ccco2)N2CCC3CCC(C2)N3)cc1. The Morgan fingerprint density at radius 2 is 1.86 bits per heavy atom. The molecule has 2 fully saturated rings. The Labute approximate surface area is 126 Å². The molecule has 2 aliphatic rings. The van der Waals surface area contributed by atoms with Gasteiger partial charge in [-0.2, -0.15) is 0 Å². The van der Waals surface area contributed by atoms with E-state index in [-0.39, 0.29) is 6.04 Å². The third-order valence-corrected chi connectivity index (χ3v) is 4.85. The molecule has 21 heavy (non-hydrogen) atoms. The summed E-state index contributed by atoms with van der Waals surface area (Å²) >= 11 is 0. The summed E-state index contributed by atoms with van der Waals surface area (Å²) in [5, 5.41) is 3.76. The molecule has 0 amide bonds. The van der Waals surface area contributed by atoms with E-state index in [1.807, 2.05) is 6.07 Å². The first-order valence-corrected chi connectivity index (χ1v) is 7.98. The minimum Gasteiger partial charge on any atom is -0.467 e. The predicted molar refractivity (Wildman–Crippen MR) is 83.1 cm³/mol. The molecule has 3 atom stereocenters. The normalized spacial score (nSPS) is 27.4. The molecule has 1 N–H and O–H groups in total. The van der Waals surface area contributed by atoms with Crippen LogP contribution in [0.2, 0.25) is 0 Å². The molecule has 2 bridgehead atoms. The second-order valence-corrected chi connectivity index (χ2v) is 6.25. The number of benzene rings is 1. The summed E-state index contributed by atoms with van der Waals surface area (Å²) in [7, 11) is 0. The van der Waals surface area contributed by atoms with Crippen LogP contribution in [0.4, 0.5) is 0 Å². The van der Waals surface area contributed by atoms with E-state index in [9.17, 15) is 0 Å². The van der Waals surface area contributed by atoms with Crippen molar-refractivity contribution in [3.05, 3.63) is 60.1 Å². The summed E-state index contributed by atoms with van der Waals surface area (Å²) in [4.78, 5) is 2.59. The van der Waals surface area contributed by atoms with Gasteiger partial charge in [-0.1, -0.05) is 30.3 Å². The lowest BCUT2D eigenvalue weighted by Crippen LogP contribution is -2.37. The summed E-state index contributed by atoms with van der Waals surface area (Å²) in [6.45, 7) is 2.24. The van der Waals surface area contributed by atoms with Crippen molar-refractivity contribution in [3.8, 4) is 0 Å². The smallest absolute Gasteiger partial charge is 0.125 e. The monoisotopic (exact) mass is 282 g/mol. The van der Waals surface area contributed by atoms with E-state index < -0.39 is 0 Å². The maximum absolute atomic E-state index is 5.76. The van der Waals surface area contributed by atoms with Gasteiger partial charge in [-0.05, 0) is 37.0 Å². The Hall–Kier alpha value is -1.58. The van der Waals surface area contributed by atoms with Gasteiger partial charge >= 0.3 is 0 Å². The Kier molecular flexibility index (Phi) is 3.53. The quantitative estimate of drug-likeness (QED) is 0.937. The summed E-state index contributed by atoms with van der Waals surface area (Å²) in [6, 6.07) is 16.4. The molecule has 3 nitrogen and oxygen atoms in total. The number of fused-ring (bicyclic) bond motifs is 2. The van der Waals surface area contributed by atoms with E-state index in [1.165, 1.54) is 24.8 Å². The lowest BCUT2D eigenvalue weighted by Gasteiger charge is -2.31. The fourth-order valence-corrected chi connectivity index (χ4v) is 3.84. The van der Waals surface area contributed by atoms with Gasteiger partial charge in [-0.15, -0.1) is 0 Å². The number of hydrogen-bond donors (Lipinski definition) is 1. The number of furan rings is 1. The summed E-state index contributed by atoms with van der Waals surface area (Å²) in [6.07, 6.45) is 5.67. The average molecular weight is 282 g/mol. The molecule has 3 heterocycles. The topological polar surface area (TPSA) is 28.4 Å². The number of nitrogens with one attached hydrogen (secondary N) is 1. The minimum absolute atomic E-state index is 0.238. The van der Waals surface area contributed by atoms with Gasteiger partial charge in [0.2, 0.25) is 0 Å². The van der Waals surface area contributed by atoms with Gasteiger partial charge in [0.05, 0.1) is 12.3 Å². The van der Waals surface area contributed by atoms with Crippen molar-refractivity contribution < 1.29 is 4.42 Å². The van der Waals surface area contributed by atoms with Crippen molar-refractivity contribution in [1.82, 2.24) is 10.2 Å². The third kappa shape index (κ3) is 2.63. The molecule has 0 radical (unpaired) electrons. The summed E-state index contributed by atoms with van der Waals surface area (Å²) < 4.78 is 5.76. The largest absolute Gasteiger partial charge is 0.467 e. The first-order chi connectivity index (χ1) is 10.4. The standard InChI is InChI=1S/C18H22N2O/c1-2-5-14(6-3-1)18(17-7-4-12-21-17)20-11-10-15-8-9-16(13-20)19-15/h1-7,12,15-16,18-19H,8-11,13H2. The molecule has 1 aromatic carbocycles. The van der Waals surface area contributed by atoms with Crippen molar-refractivity contribution in [3.63, 3.8) is 0 Å². The maximum atomic E-state index is 5.76. The molecule has 2 aliphatic heterocycles. The van der Waals surface area contributed by atoms with Crippen LogP contribution in [0.5, 0.6) is 0 Å². The fourth-order valence-electron chi connectivity index (χ4n) is 3.84. The van der Waals surface area contributed by atoms with E-state index in [0.29, 0.717) is 12.1 Å². The zero-order valence-corrected chi connectivity index (χ0v) is 12.2. The molecular weight excluding hydrogens is 260 g/mol. The molecule has 0 aliphatic carbocycles. The minimum atomic E-state index is 0.238. The molecule has 4 rings (SSSR count). The van der Waals surface area contributed by atoms with Crippen molar-refractivity contribution in [2.75, 3.05) is 13.1 Å². The second kappa shape index (κ2) is 5.66. The van der Waals surface area contributed by atoms with E-state index in [2.05, 4.69) is 46.6 Å². The highest BCUT2D eigenvalue weighted by atomic mass is 16.3. The molecule has 3 unspecified atom stereocenters. The van der Waals surface area contributed by atoms with Gasteiger partial charge in [0.25, 0.3) is 0 Å². The van der Waals surface area contributed by atoms with E-state index >= 15 is 0 Å². The summed E-state index contributed by atoms with van der Waals surface area (Å²) in [5.74, 6) is 1.05. The van der Waals surface area contributed by atoms with Crippen LogP contribution in [0.3, 0.4) is 0 Å². The molecule has 2 saturated heterocycles. The molecule has 3 heteroatoms. The number of likely N-dealkylation sites (tertiary alicyclic amines) is 1. The molecule has 0 saturated carbocycles. The lowest BCUT2D eigenvalue weighted by molar-refractivity contribution is 0.193. The molecule has 110 valence electrons. The molecule has 1 aromatic heterocycles. The van der Waals surface area contributed by atoms with Crippen molar-refractivity contribution in [2.24, 2.45) is 0 Å². The van der Waals surface area contributed by atoms with Crippen LogP contribution in [0.25, 0.3) is 0 Å². The predicted octanol–water partition coefficient (Wildman–Crippen LogP) is 3.20. The van der Waals surface area contributed by atoms with Crippen LogP contribution in [0.15, 0.2) is 53.1 Å². The molecule has 0 spiro atoms. The zero-order valence-electron chi connectivity index (χ0n) is 12.2. The number of hydrogen-bond acceptors (Lipinski definition) is 3. The van der Waals surface area contributed by atoms with Crippen molar-refractivity contribution >= 4 is 0 Å². The first kappa shape index (κ1) is 13.1. The van der Waals surface area contributed by atoms with Gasteiger partial charge < -0.3 is 9.73 Å². The van der Waals surface area contributed by atoms with Crippen LogP contribution in [0.1, 0.15) is 36.6 Å². The van der Waals surface area contributed by atoms with Crippen LogP contribution < -0.4 is 5.32 Å². The second-order valence-electron chi connectivity index (χ2n) is 6.25. The zero-order chi connectivity index (χ0) is 14.1. The van der Waals surface area contributed by atoms with Crippen LogP contribution >= 0.6 is 0 Å². The number of nitrogens with zero attached hydrogens (tertiary/aromatic N) is 1. The van der Waals surface area contributed by atoms with Gasteiger partial charge in [0.15, 0.2) is 0 Å². The average Bonchev–Trinajstić information content (AvgIpc) is 3.12.